The summed E-state index contributed by atoms with van der Waals surface area (Å²) >= 11 is 1.40. The predicted molar refractivity (Wildman–Crippen MR) is 56.2 cm³/mol. The average molecular weight is 210 g/mol. The lowest BCUT2D eigenvalue weighted by atomic mass is 10.5. The van der Waals surface area contributed by atoms with E-state index in [0.29, 0.717) is 4.96 Å². The molecule has 0 spiro atoms. The predicted octanol–water partition coefficient (Wildman–Crippen LogP) is 0.525. The van der Waals surface area contributed by atoms with Crippen molar-refractivity contribution in [3.05, 3.63) is 22.1 Å². The summed E-state index contributed by atoms with van der Waals surface area (Å²) < 4.78 is 1.68. The van der Waals surface area contributed by atoms with Crippen molar-refractivity contribution < 1.29 is 0 Å². The third kappa shape index (κ3) is 1.37. The molecule has 0 bridgehead atoms. The van der Waals surface area contributed by atoms with E-state index >= 15 is 0 Å². The number of anilines is 1. The van der Waals surface area contributed by atoms with Gasteiger partial charge in [-0.15, -0.1) is 5.10 Å². The van der Waals surface area contributed by atoms with Crippen LogP contribution in [0.4, 0.5) is 5.13 Å². The van der Waals surface area contributed by atoms with Crippen LogP contribution < -0.4 is 10.5 Å². The molecule has 2 rings (SSSR count). The summed E-state index contributed by atoms with van der Waals surface area (Å²) in [5.74, 6) is 0. The first kappa shape index (κ1) is 9.14. The van der Waals surface area contributed by atoms with E-state index in [1.165, 1.54) is 17.4 Å². The topological polar surface area (TPSA) is 50.5 Å². The maximum absolute atomic E-state index is 11.1. The van der Waals surface area contributed by atoms with Crippen LogP contribution in [0.3, 0.4) is 0 Å². The fourth-order valence-electron chi connectivity index (χ4n) is 1.12. The quantitative estimate of drug-likeness (QED) is 0.688. The van der Waals surface area contributed by atoms with E-state index < -0.39 is 0 Å². The Labute approximate surface area is 84.6 Å². The number of aromatic nitrogens is 3. The van der Waals surface area contributed by atoms with Crippen LogP contribution in [0.15, 0.2) is 10.9 Å². The zero-order valence-electron chi connectivity index (χ0n) is 8.18. The van der Waals surface area contributed by atoms with Crippen LogP contribution in [0.25, 0.3) is 4.96 Å². The van der Waals surface area contributed by atoms with Gasteiger partial charge in [0.1, 0.15) is 0 Å². The van der Waals surface area contributed by atoms with Gasteiger partial charge in [0.05, 0.1) is 0 Å². The van der Waals surface area contributed by atoms with Crippen molar-refractivity contribution in [2.24, 2.45) is 0 Å². The molecule has 0 aliphatic carbocycles. The van der Waals surface area contributed by atoms with Crippen molar-refractivity contribution in [3.63, 3.8) is 0 Å². The second-order valence-corrected chi connectivity index (χ2v) is 4.14. The summed E-state index contributed by atoms with van der Waals surface area (Å²) in [6, 6.07) is 1.48. The summed E-state index contributed by atoms with van der Waals surface area (Å²) in [5.41, 5.74) is 0.598. The summed E-state index contributed by atoms with van der Waals surface area (Å²) in [5, 5.41) is 5.15. The highest BCUT2D eigenvalue weighted by atomic mass is 32.1. The van der Waals surface area contributed by atoms with Gasteiger partial charge in [-0.25, -0.2) is 4.52 Å². The first-order valence-corrected chi connectivity index (χ1v) is 4.94. The molecule has 0 saturated heterocycles. The van der Waals surface area contributed by atoms with Gasteiger partial charge in [0.25, 0.3) is 5.56 Å². The molecular weight excluding hydrogens is 200 g/mol. The molecule has 0 fully saturated rings. The largest absolute Gasteiger partial charge is 0.353 e. The minimum absolute atomic E-state index is 0.212. The SMILES string of the molecule is Cc1cc(=O)nc2sc(N(C)C)nn12. The van der Waals surface area contributed by atoms with Gasteiger partial charge in [0.2, 0.25) is 10.1 Å². The van der Waals surface area contributed by atoms with Crippen LogP contribution in [0.1, 0.15) is 5.69 Å². The number of nitrogens with zero attached hydrogens (tertiary/aromatic N) is 4. The second kappa shape index (κ2) is 3.06. The Kier molecular flexibility index (Phi) is 1.99. The van der Waals surface area contributed by atoms with E-state index in [1.807, 2.05) is 25.9 Å². The van der Waals surface area contributed by atoms with Crippen LogP contribution in [-0.2, 0) is 0 Å². The number of hydrogen-bond acceptors (Lipinski definition) is 5. The van der Waals surface area contributed by atoms with Gasteiger partial charge < -0.3 is 4.90 Å². The lowest BCUT2D eigenvalue weighted by Gasteiger charge is -2.03. The van der Waals surface area contributed by atoms with Crippen LogP contribution in [0.5, 0.6) is 0 Å². The van der Waals surface area contributed by atoms with Gasteiger partial charge in [0.15, 0.2) is 0 Å². The van der Waals surface area contributed by atoms with Crippen LogP contribution >= 0.6 is 11.3 Å². The van der Waals surface area contributed by atoms with Gasteiger partial charge in [-0.05, 0) is 6.92 Å². The zero-order chi connectivity index (χ0) is 10.3. The van der Waals surface area contributed by atoms with Crippen molar-refractivity contribution in [3.8, 4) is 0 Å². The summed E-state index contributed by atoms with van der Waals surface area (Å²) in [6.45, 7) is 1.84. The molecule has 0 atom stereocenters. The smallest absolute Gasteiger partial charge is 0.274 e. The minimum atomic E-state index is -0.212. The molecule has 0 aliphatic rings. The van der Waals surface area contributed by atoms with Crippen molar-refractivity contribution in [1.29, 1.82) is 0 Å². The lowest BCUT2D eigenvalue weighted by Crippen LogP contribution is -2.10. The molecule has 2 aromatic heterocycles. The number of aryl methyl sites for hydroxylation is 1. The molecule has 2 heterocycles. The molecular formula is C8H10N4OS. The van der Waals surface area contributed by atoms with Gasteiger partial charge in [-0.1, -0.05) is 11.3 Å². The van der Waals surface area contributed by atoms with Crippen molar-refractivity contribution in [1.82, 2.24) is 14.6 Å². The molecule has 14 heavy (non-hydrogen) atoms. The van der Waals surface area contributed by atoms with Crippen LogP contribution in [-0.4, -0.2) is 28.7 Å². The summed E-state index contributed by atoms with van der Waals surface area (Å²) in [4.78, 5) is 17.5. The molecule has 0 aliphatic heterocycles. The third-order valence-electron chi connectivity index (χ3n) is 1.80. The molecule has 74 valence electrons. The highest BCUT2D eigenvalue weighted by Gasteiger charge is 2.07. The molecule has 2 aromatic rings. The van der Waals surface area contributed by atoms with Crippen LogP contribution in [0.2, 0.25) is 0 Å². The Balaban J connectivity index is 2.77. The van der Waals surface area contributed by atoms with Gasteiger partial charge in [-0.2, -0.15) is 4.98 Å². The summed E-state index contributed by atoms with van der Waals surface area (Å²) in [7, 11) is 3.82. The van der Waals surface area contributed by atoms with E-state index in [-0.39, 0.29) is 5.56 Å². The highest BCUT2D eigenvalue weighted by Crippen LogP contribution is 2.19. The normalized spacial score (nSPS) is 10.8. The van der Waals surface area contributed by atoms with E-state index in [0.717, 1.165) is 10.8 Å². The fraction of sp³-hybridized carbons (Fsp3) is 0.375. The standard InChI is InChI=1S/C8H10N4OS/c1-5-4-6(13)9-7-12(5)10-8(14-7)11(2)3/h4H,1-3H3. The number of fused-ring (bicyclic) bond motifs is 1. The van der Waals surface area contributed by atoms with E-state index in [2.05, 4.69) is 10.1 Å². The lowest BCUT2D eigenvalue weighted by molar-refractivity contribution is 0.873. The third-order valence-corrected chi connectivity index (χ3v) is 2.88. The molecule has 5 nitrogen and oxygen atoms in total. The monoisotopic (exact) mass is 210 g/mol. The molecule has 6 heteroatoms. The molecule has 0 saturated carbocycles. The van der Waals surface area contributed by atoms with Crippen molar-refractivity contribution in [2.75, 3.05) is 19.0 Å². The maximum atomic E-state index is 11.1. The van der Waals surface area contributed by atoms with Crippen LogP contribution in [0, 0.1) is 6.92 Å². The van der Waals surface area contributed by atoms with E-state index in [4.69, 9.17) is 0 Å². The van der Waals surface area contributed by atoms with E-state index in [9.17, 15) is 4.79 Å². The molecule has 0 amide bonds. The Bertz CT molecular complexity index is 528. The molecule has 0 unspecified atom stereocenters. The number of hydrogen-bond donors (Lipinski definition) is 0. The Morgan fingerprint density at radius 2 is 2.21 bits per heavy atom. The van der Waals surface area contributed by atoms with Crippen molar-refractivity contribution >= 4 is 21.4 Å². The molecule has 0 aromatic carbocycles. The Morgan fingerprint density at radius 1 is 1.50 bits per heavy atom. The first-order chi connectivity index (χ1) is 6.58. The zero-order valence-corrected chi connectivity index (χ0v) is 9.00. The second-order valence-electron chi connectivity index (χ2n) is 3.21. The number of rotatable bonds is 1. The average Bonchev–Trinajstić information content (AvgIpc) is 2.47. The highest BCUT2D eigenvalue weighted by molar-refractivity contribution is 7.20. The Morgan fingerprint density at radius 3 is 2.86 bits per heavy atom. The maximum Gasteiger partial charge on any atom is 0.274 e. The minimum Gasteiger partial charge on any atom is -0.353 e. The van der Waals surface area contributed by atoms with Gasteiger partial charge >= 0.3 is 0 Å². The van der Waals surface area contributed by atoms with Crippen molar-refractivity contribution in [2.45, 2.75) is 6.92 Å². The Hall–Kier alpha value is -1.43. The van der Waals surface area contributed by atoms with Gasteiger partial charge in [-0.3, -0.25) is 4.79 Å². The molecule has 0 N–H and O–H groups in total. The summed E-state index contributed by atoms with van der Waals surface area (Å²) in [6.07, 6.45) is 0. The van der Waals surface area contributed by atoms with E-state index in [1.54, 1.807) is 4.52 Å². The first-order valence-electron chi connectivity index (χ1n) is 4.13. The fourth-order valence-corrected chi connectivity index (χ4v) is 2.00. The molecule has 0 radical (unpaired) electrons. The van der Waals surface area contributed by atoms with Gasteiger partial charge in [0, 0.05) is 25.9 Å².